The smallest absolute Gasteiger partial charge is 0.303 e. The second-order valence-electron chi connectivity index (χ2n) is 11.4. The van der Waals surface area contributed by atoms with Crippen LogP contribution in [0.25, 0.3) is 0 Å². The number of rotatable bonds is 3. The SMILES string of the molecule is CC(=O)C[C@]12CO[C@H]1C[C@@H](O)[C@]1(C)C(=O)[C@@H](OC(C)=O)C3=C(C)CC[C@](O)(CC21)C3(C)C. The monoisotopic (exact) mass is 448 g/mol. The fraction of sp³-hybridized carbons (Fsp3) is 0.800. The van der Waals surface area contributed by atoms with Gasteiger partial charge in [-0.2, -0.15) is 0 Å². The summed E-state index contributed by atoms with van der Waals surface area (Å²) in [4.78, 5) is 38.7. The average Bonchev–Trinajstić information content (AvgIpc) is 2.67. The number of carbonyl (C=O) groups is 3. The molecule has 0 aromatic heterocycles. The largest absolute Gasteiger partial charge is 0.450 e. The van der Waals surface area contributed by atoms with Crippen molar-refractivity contribution in [2.24, 2.45) is 22.2 Å². The Kier molecular flexibility index (Phi) is 5.32. The second-order valence-corrected chi connectivity index (χ2v) is 11.4. The van der Waals surface area contributed by atoms with Gasteiger partial charge in [0.15, 0.2) is 11.9 Å². The Hall–Kier alpha value is -1.57. The maximum Gasteiger partial charge on any atom is 0.303 e. The van der Waals surface area contributed by atoms with E-state index in [9.17, 15) is 24.6 Å². The molecule has 7 heteroatoms. The molecule has 7 nitrogen and oxygen atoms in total. The number of Topliss-reactive ketones (excluding diaryl/α,β-unsaturated/α-hetero) is 2. The van der Waals surface area contributed by atoms with Crippen LogP contribution in [-0.2, 0) is 23.9 Å². The highest BCUT2D eigenvalue weighted by molar-refractivity contribution is 5.94. The highest BCUT2D eigenvalue weighted by atomic mass is 16.5. The van der Waals surface area contributed by atoms with E-state index in [1.54, 1.807) is 6.92 Å². The van der Waals surface area contributed by atoms with Gasteiger partial charge in [0.1, 0.15) is 5.78 Å². The van der Waals surface area contributed by atoms with Gasteiger partial charge in [-0.3, -0.25) is 9.59 Å². The first-order chi connectivity index (χ1) is 14.7. The van der Waals surface area contributed by atoms with Gasteiger partial charge in [-0.1, -0.05) is 19.4 Å². The van der Waals surface area contributed by atoms with Gasteiger partial charge in [-0.25, -0.2) is 0 Å². The Morgan fingerprint density at radius 1 is 1.22 bits per heavy atom. The summed E-state index contributed by atoms with van der Waals surface area (Å²) in [6.07, 6.45) is -0.722. The predicted octanol–water partition coefficient (Wildman–Crippen LogP) is 2.51. The summed E-state index contributed by atoms with van der Waals surface area (Å²) in [7, 11) is 0. The molecule has 4 aliphatic rings. The quantitative estimate of drug-likeness (QED) is 0.504. The Bertz CT molecular complexity index is 904. The molecule has 1 unspecified atom stereocenters. The molecule has 1 saturated heterocycles. The number of carbonyl (C=O) groups excluding carboxylic acids is 3. The zero-order valence-corrected chi connectivity index (χ0v) is 20.0. The van der Waals surface area contributed by atoms with E-state index in [0.717, 1.165) is 5.57 Å². The third-order valence-corrected chi connectivity index (χ3v) is 9.39. The first kappa shape index (κ1) is 23.6. The van der Waals surface area contributed by atoms with E-state index in [2.05, 4.69) is 0 Å². The van der Waals surface area contributed by atoms with Gasteiger partial charge in [0.2, 0.25) is 0 Å². The van der Waals surface area contributed by atoms with Gasteiger partial charge in [-0.15, -0.1) is 0 Å². The number of aliphatic hydroxyl groups excluding tert-OH is 1. The lowest BCUT2D eigenvalue weighted by molar-refractivity contribution is -0.293. The van der Waals surface area contributed by atoms with Gasteiger partial charge >= 0.3 is 5.97 Å². The van der Waals surface area contributed by atoms with Crippen LogP contribution >= 0.6 is 0 Å². The molecule has 0 aromatic carbocycles. The summed E-state index contributed by atoms with van der Waals surface area (Å²) in [5.74, 6) is -1.42. The maximum absolute atomic E-state index is 14.3. The van der Waals surface area contributed by atoms with Crippen molar-refractivity contribution >= 4 is 17.5 Å². The molecule has 0 amide bonds. The zero-order valence-electron chi connectivity index (χ0n) is 20.0. The van der Waals surface area contributed by atoms with E-state index in [1.807, 2.05) is 20.8 Å². The molecule has 2 saturated carbocycles. The lowest BCUT2D eigenvalue weighted by Gasteiger charge is -2.66. The fourth-order valence-corrected chi connectivity index (χ4v) is 7.39. The molecular weight excluding hydrogens is 412 g/mol. The Balaban J connectivity index is 1.97. The molecule has 1 heterocycles. The summed E-state index contributed by atoms with van der Waals surface area (Å²) in [5.41, 5.74) is -2.35. The third kappa shape index (κ3) is 2.93. The Labute approximate surface area is 189 Å². The Morgan fingerprint density at radius 3 is 2.41 bits per heavy atom. The van der Waals surface area contributed by atoms with E-state index in [-0.39, 0.29) is 36.9 Å². The fourth-order valence-electron chi connectivity index (χ4n) is 7.39. The molecule has 1 aliphatic heterocycles. The maximum atomic E-state index is 14.3. The number of hydrogen-bond acceptors (Lipinski definition) is 7. The number of esters is 1. The number of hydrogen-bond donors (Lipinski definition) is 2. The number of aliphatic hydroxyl groups is 2. The number of allylic oxidation sites excluding steroid dienone is 1. The van der Waals surface area contributed by atoms with Crippen molar-refractivity contribution in [3.63, 3.8) is 0 Å². The molecule has 0 spiro atoms. The number of ketones is 2. The first-order valence-corrected chi connectivity index (χ1v) is 11.6. The highest BCUT2D eigenvalue weighted by Crippen LogP contribution is 2.66. The van der Waals surface area contributed by atoms with Gasteiger partial charge in [0, 0.05) is 30.6 Å². The zero-order chi connectivity index (χ0) is 23.9. The van der Waals surface area contributed by atoms with E-state index < -0.39 is 45.9 Å². The van der Waals surface area contributed by atoms with E-state index in [0.29, 0.717) is 25.0 Å². The van der Waals surface area contributed by atoms with Gasteiger partial charge < -0.3 is 24.5 Å². The van der Waals surface area contributed by atoms with E-state index >= 15 is 0 Å². The number of fused-ring (bicyclic) bond motifs is 5. The van der Waals surface area contributed by atoms with E-state index in [1.165, 1.54) is 13.8 Å². The summed E-state index contributed by atoms with van der Waals surface area (Å²) in [6, 6.07) is 0. The van der Waals surface area contributed by atoms with Gasteiger partial charge in [0.25, 0.3) is 0 Å². The molecule has 178 valence electrons. The molecule has 2 N–H and O–H groups in total. The van der Waals surface area contributed by atoms with Crippen LogP contribution in [0.4, 0.5) is 0 Å². The van der Waals surface area contributed by atoms with Crippen LogP contribution in [0.1, 0.15) is 73.6 Å². The van der Waals surface area contributed by atoms with Gasteiger partial charge in [0.05, 0.1) is 29.8 Å². The lowest BCUT2D eigenvalue weighted by atomic mass is 9.42. The minimum atomic E-state index is -1.29. The van der Waals surface area contributed by atoms with Crippen molar-refractivity contribution in [2.75, 3.05) is 6.61 Å². The Morgan fingerprint density at radius 2 is 1.88 bits per heavy atom. The second kappa shape index (κ2) is 7.21. The van der Waals surface area contributed by atoms with Crippen LogP contribution in [0.3, 0.4) is 0 Å². The topological polar surface area (TPSA) is 110 Å². The minimum Gasteiger partial charge on any atom is -0.450 e. The van der Waals surface area contributed by atoms with Crippen molar-refractivity contribution in [3.8, 4) is 0 Å². The minimum absolute atomic E-state index is 0.00518. The summed E-state index contributed by atoms with van der Waals surface area (Å²) < 4.78 is 11.5. The van der Waals surface area contributed by atoms with E-state index in [4.69, 9.17) is 9.47 Å². The number of ether oxygens (including phenoxy) is 2. The van der Waals surface area contributed by atoms with Crippen molar-refractivity contribution in [1.29, 1.82) is 0 Å². The van der Waals surface area contributed by atoms with Crippen LogP contribution in [0.15, 0.2) is 11.1 Å². The average molecular weight is 449 g/mol. The van der Waals surface area contributed by atoms with Crippen LogP contribution in [-0.4, -0.2) is 58.3 Å². The predicted molar refractivity (Wildman–Crippen MR) is 116 cm³/mol. The standard InChI is InChI=1S/C25H36O7/c1-13-7-8-25(30)11-16-23(6,17(28)9-18-24(16,12-31-18)10-14(2)26)21(29)20(32-15(3)27)19(13)22(25,4)5/h16-18,20,28,30H,7-12H2,1-6H3/t16?,17-,18+,20+,23-,24-,25+/m1/s1. The molecule has 2 bridgehead atoms. The summed E-state index contributed by atoms with van der Waals surface area (Å²) in [5, 5.41) is 23.4. The molecular formula is C25H36O7. The molecule has 3 aliphatic carbocycles. The first-order valence-electron chi connectivity index (χ1n) is 11.6. The summed E-state index contributed by atoms with van der Waals surface area (Å²) >= 11 is 0. The van der Waals surface area contributed by atoms with Crippen molar-refractivity contribution < 1.29 is 34.1 Å². The van der Waals surface area contributed by atoms with Crippen molar-refractivity contribution in [1.82, 2.24) is 0 Å². The molecule has 3 fully saturated rings. The van der Waals surface area contributed by atoms with Crippen molar-refractivity contribution in [3.05, 3.63) is 11.1 Å². The van der Waals surface area contributed by atoms with Crippen LogP contribution in [0, 0.1) is 22.2 Å². The van der Waals surface area contributed by atoms with Crippen LogP contribution < -0.4 is 0 Å². The molecule has 0 aromatic rings. The van der Waals surface area contributed by atoms with Crippen LogP contribution in [0.5, 0.6) is 0 Å². The lowest BCUT2D eigenvalue weighted by Crippen LogP contribution is -2.73. The highest BCUT2D eigenvalue weighted by Gasteiger charge is 2.71. The van der Waals surface area contributed by atoms with Crippen molar-refractivity contribution in [2.45, 2.75) is 97.6 Å². The molecule has 7 atom stereocenters. The summed E-state index contributed by atoms with van der Waals surface area (Å²) in [6.45, 7) is 10.6. The molecule has 0 radical (unpaired) electrons. The van der Waals surface area contributed by atoms with Crippen LogP contribution in [0.2, 0.25) is 0 Å². The molecule has 4 rings (SSSR count). The third-order valence-electron chi connectivity index (χ3n) is 9.39. The van der Waals surface area contributed by atoms with Gasteiger partial charge in [-0.05, 0) is 51.5 Å². The normalized spacial score (nSPS) is 45.1. The molecule has 32 heavy (non-hydrogen) atoms.